The van der Waals surface area contributed by atoms with Crippen LogP contribution < -0.4 is 9.44 Å². The summed E-state index contributed by atoms with van der Waals surface area (Å²) in [7, 11) is -3.70. The zero-order valence-corrected chi connectivity index (χ0v) is 10.5. The molecule has 94 valence electrons. The van der Waals surface area contributed by atoms with Gasteiger partial charge in [0.15, 0.2) is 0 Å². The summed E-state index contributed by atoms with van der Waals surface area (Å²) in [6.07, 6.45) is 0. The molecule has 0 aromatic heterocycles. The van der Waals surface area contributed by atoms with E-state index in [2.05, 4.69) is 9.44 Å². The van der Waals surface area contributed by atoms with E-state index in [-0.39, 0.29) is 22.8 Å². The first kappa shape index (κ1) is 13.8. The molecule has 0 aliphatic heterocycles. The zero-order valence-electron chi connectivity index (χ0n) is 8.90. The van der Waals surface area contributed by atoms with Gasteiger partial charge in [-0.05, 0) is 18.2 Å². The molecule has 0 saturated carbocycles. The predicted molar refractivity (Wildman–Crippen MR) is 64.6 cm³/mol. The van der Waals surface area contributed by atoms with E-state index < -0.39 is 16.2 Å². The Balaban J connectivity index is 3.03. The van der Waals surface area contributed by atoms with Crippen molar-refractivity contribution in [2.45, 2.75) is 6.92 Å². The molecule has 3 N–H and O–H groups in total. The van der Waals surface area contributed by atoms with Crippen molar-refractivity contribution < 1.29 is 18.3 Å². The van der Waals surface area contributed by atoms with Crippen LogP contribution in [0.15, 0.2) is 18.2 Å². The first-order valence-corrected chi connectivity index (χ1v) is 6.51. The van der Waals surface area contributed by atoms with Crippen LogP contribution in [-0.4, -0.2) is 26.0 Å². The van der Waals surface area contributed by atoms with E-state index in [4.69, 9.17) is 16.7 Å². The van der Waals surface area contributed by atoms with Gasteiger partial charge in [-0.2, -0.15) is 13.1 Å². The number of nitrogens with one attached hydrogen (secondary N) is 2. The second-order valence-corrected chi connectivity index (χ2v) is 5.07. The van der Waals surface area contributed by atoms with E-state index >= 15 is 0 Å². The molecule has 0 atom stereocenters. The molecule has 0 unspecified atom stereocenters. The Morgan fingerprint density at radius 1 is 1.41 bits per heavy atom. The fourth-order valence-corrected chi connectivity index (χ4v) is 2.27. The van der Waals surface area contributed by atoms with E-state index in [0.717, 1.165) is 0 Å². The highest BCUT2D eigenvalue weighted by atomic mass is 35.5. The number of carboxylic acid groups (broad SMARTS) is 1. The number of rotatable bonds is 5. The maximum absolute atomic E-state index is 11.4. The smallest absolute Gasteiger partial charge is 0.335 e. The van der Waals surface area contributed by atoms with Crippen molar-refractivity contribution in [3.8, 4) is 0 Å². The second-order valence-electron chi connectivity index (χ2n) is 3.14. The van der Waals surface area contributed by atoms with E-state index in [0.29, 0.717) is 0 Å². The molecule has 1 aromatic rings. The summed E-state index contributed by atoms with van der Waals surface area (Å²) < 4.78 is 27.1. The lowest BCUT2D eigenvalue weighted by Gasteiger charge is -2.08. The third-order valence-corrected chi connectivity index (χ3v) is 3.12. The number of carboxylic acids is 1. The molecule has 0 heterocycles. The standard InChI is InChI=1S/C9H11ClN2O4S/c1-2-11-17(15,16)12-8-4-6(9(13)14)3-7(10)5-8/h3-5,11-12H,2H2,1H3,(H,13,14). The number of aromatic carboxylic acids is 1. The molecule has 1 aromatic carbocycles. The average molecular weight is 279 g/mol. The summed E-state index contributed by atoms with van der Waals surface area (Å²) >= 11 is 5.68. The minimum Gasteiger partial charge on any atom is -0.478 e. The van der Waals surface area contributed by atoms with Gasteiger partial charge in [-0.3, -0.25) is 4.72 Å². The number of benzene rings is 1. The first-order valence-electron chi connectivity index (χ1n) is 4.65. The quantitative estimate of drug-likeness (QED) is 0.756. The SMILES string of the molecule is CCNS(=O)(=O)Nc1cc(Cl)cc(C(=O)O)c1. The molecular weight excluding hydrogens is 268 g/mol. The Kier molecular flexibility index (Phi) is 4.33. The van der Waals surface area contributed by atoms with Crippen LogP contribution in [0.3, 0.4) is 0 Å². The predicted octanol–water partition coefficient (Wildman–Crippen LogP) is 1.30. The number of anilines is 1. The Bertz CT molecular complexity index is 530. The number of hydrogen-bond acceptors (Lipinski definition) is 3. The second kappa shape index (κ2) is 5.35. The van der Waals surface area contributed by atoms with Gasteiger partial charge in [0.05, 0.1) is 11.3 Å². The number of hydrogen-bond donors (Lipinski definition) is 3. The molecular formula is C9H11ClN2O4S. The molecule has 8 heteroatoms. The molecule has 0 saturated heterocycles. The molecule has 0 amide bonds. The van der Waals surface area contributed by atoms with Gasteiger partial charge in [0.1, 0.15) is 0 Å². The summed E-state index contributed by atoms with van der Waals surface area (Å²) in [6.45, 7) is 1.85. The lowest BCUT2D eigenvalue weighted by atomic mass is 10.2. The van der Waals surface area contributed by atoms with E-state index in [1.807, 2.05) is 0 Å². The maximum Gasteiger partial charge on any atom is 0.335 e. The molecule has 0 aliphatic carbocycles. The Morgan fingerprint density at radius 3 is 2.59 bits per heavy atom. The number of carbonyl (C=O) groups is 1. The van der Waals surface area contributed by atoms with Crippen LogP contribution in [0, 0.1) is 0 Å². The summed E-state index contributed by atoms with van der Waals surface area (Å²) in [5.74, 6) is -1.18. The van der Waals surface area contributed by atoms with Crippen LogP contribution in [0.4, 0.5) is 5.69 Å². The van der Waals surface area contributed by atoms with E-state index in [1.54, 1.807) is 6.92 Å². The summed E-state index contributed by atoms with van der Waals surface area (Å²) in [5.41, 5.74) is 0.00236. The van der Waals surface area contributed by atoms with Gasteiger partial charge in [-0.1, -0.05) is 18.5 Å². The van der Waals surface area contributed by atoms with Gasteiger partial charge < -0.3 is 5.11 Å². The van der Waals surface area contributed by atoms with Crippen LogP contribution in [0.5, 0.6) is 0 Å². The third-order valence-electron chi connectivity index (χ3n) is 1.73. The normalized spacial score (nSPS) is 11.2. The fraction of sp³-hybridized carbons (Fsp3) is 0.222. The van der Waals surface area contributed by atoms with Gasteiger partial charge in [-0.15, -0.1) is 0 Å². The minimum absolute atomic E-state index is 0.0910. The Labute approximate surface area is 104 Å². The van der Waals surface area contributed by atoms with Gasteiger partial charge in [-0.25, -0.2) is 4.79 Å². The highest BCUT2D eigenvalue weighted by Crippen LogP contribution is 2.19. The lowest BCUT2D eigenvalue weighted by molar-refractivity contribution is 0.0697. The van der Waals surface area contributed by atoms with Crippen molar-refractivity contribution in [2.75, 3.05) is 11.3 Å². The van der Waals surface area contributed by atoms with Crippen molar-refractivity contribution in [2.24, 2.45) is 0 Å². The van der Waals surface area contributed by atoms with E-state index in [1.165, 1.54) is 18.2 Å². The van der Waals surface area contributed by atoms with Crippen LogP contribution in [-0.2, 0) is 10.2 Å². The first-order chi connectivity index (χ1) is 7.84. The zero-order chi connectivity index (χ0) is 13.1. The van der Waals surface area contributed by atoms with Crippen LogP contribution in [0.2, 0.25) is 5.02 Å². The molecule has 0 bridgehead atoms. The van der Waals surface area contributed by atoms with Crippen molar-refractivity contribution in [3.05, 3.63) is 28.8 Å². The summed E-state index contributed by atoms with van der Waals surface area (Å²) in [4.78, 5) is 10.7. The molecule has 0 radical (unpaired) electrons. The highest BCUT2D eigenvalue weighted by Gasteiger charge is 2.11. The molecule has 1 rings (SSSR count). The minimum atomic E-state index is -3.70. The Hall–Kier alpha value is -1.31. The summed E-state index contributed by atoms with van der Waals surface area (Å²) in [5, 5.41) is 8.92. The average Bonchev–Trinajstić information content (AvgIpc) is 2.15. The van der Waals surface area contributed by atoms with Gasteiger partial charge in [0.2, 0.25) is 0 Å². The van der Waals surface area contributed by atoms with Gasteiger partial charge in [0, 0.05) is 11.6 Å². The highest BCUT2D eigenvalue weighted by molar-refractivity contribution is 7.90. The monoisotopic (exact) mass is 278 g/mol. The lowest BCUT2D eigenvalue weighted by Crippen LogP contribution is -2.29. The molecule has 6 nitrogen and oxygen atoms in total. The molecule has 0 aliphatic rings. The van der Waals surface area contributed by atoms with Crippen molar-refractivity contribution in [3.63, 3.8) is 0 Å². The van der Waals surface area contributed by atoms with Crippen LogP contribution >= 0.6 is 11.6 Å². The molecule has 0 fully saturated rings. The van der Waals surface area contributed by atoms with Gasteiger partial charge >= 0.3 is 5.97 Å². The Morgan fingerprint density at radius 2 is 2.06 bits per heavy atom. The van der Waals surface area contributed by atoms with Crippen LogP contribution in [0.25, 0.3) is 0 Å². The largest absolute Gasteiger partial charge is 0.478 e. The van der Waals surface area contributed by atoms with Crippen molar-refractivity contribution in [1.82, 2.24) is 4.72 Å². The molecule has 17 heavy (non-hydrogen) atoms. The topological polar surface area (TPSA) is 95.5 Å². The third kappa shape index (κ3) is 4.22. The van der Waals surface area contributed by atoms with E-state index in [9.17, 15) is 13.2 Å². The number of halogens is 1. The van der Waals surface area contributed by atoms with Gasteiger partial charge in [0.25, 0.3) is 10.2 Å². The summed E-state index contributed by atoms with van der Waals surface area (Å²) in [6, 6.07) is 3.74. The molecule has 0 spiro atoms. The van der Waals surface area contributed by atoms with Crippen LogP contribution in [0.1, 0.15) is 17.3 Å². The fourth-order valence-electron chi connectivity index (χ4n) is 1.15. The van der Waals surface area contributed by atoms with Crippen molar-refractivity contribution in [1.29, 1.82) is 0 Å². The maximum atomic E-state index is 11.4. The van der Waals surface area contributed by atoms with Crippen molar-refractivity contribution >= 4 is 33.5 Å².